The normalized spacial score (nSPS) is 14.7. The topological polar surface area (TPSA) is 77.4 Å². The van der Waals surface area contributed by atoms with Crippen LogP contribution in [-0.4, -0.2) is 38.2 Å². The average Bonchev–Trinajstić information content (AvgIpc) is 2.44. The molecule has 0 saturated carbocycles. The minimum absolute atomic E-state index is 0.117. The summed E-state index contributed by atoms with van der Waals surface area (Å²) in [7, 11) is 0.00182. The number of benzene rings is 1. The third-order valence-electron chi connectivity index (χ3n) is 2.77. The molecular formula is C13H20NO5P. The van der Waals surface area contributed by atoms with E-state index in [1.807, 2.05) is 0 Å². The molecule has 0 amide bonds. The lowest BCUT2D eigenvalue weighted by Gasteiger charge is -2.15. The van der Waals surface area contributed by atoms with Crippen LogP contribution in [0.15, 0.2) is 23.4 Å². The number of ether oxygens (including phenoxy) is 2. The molecule has 0 heterocycles. The van der Waals surface area contributed by atoms with E-state index in [4.69, 9.17) is 19.2 Å². The monoisotopic (exact) mass is 301 g/mol. The van der Waals surface area contributed by atoms with Crippen LogP contribution in [0.4, 0.5) is 0 Å². The predicted molar refractivity (Wildman–Crippen MR) is 77.6 cm³/mol. The van der Waals surface area contributed by atoms with Gasteiger partial charge in [0, 0.05) is 13.1 Å². The first-order valence-corrected chi connectivity index (χ1v) is 8.20. The molecular weight excluding hydrogens is 281 g/mol. The van der Waals surface area contributed by atoms with Crippen molar-refractivity contribution in [1.29, 1.82) is 0 Å². The van der Waals surface area contributed by atoms with E-state index < -0.39 is 7.37 Å². The summed E-state index contributed by atoms with van der Waals surface area (Å²) in [5.74, 6) is 1.16. The van der Waals surface area contributed by atoms with Crippen LogP contribution in [0.3, 0.4) is 0 Å². The van der Waals surface area contributed by atoms with E-state index in [1.54, 1.807) is 32.2 Å². The van der Waals surface area contributed by atoms with Gasteiger partial charge in [-0.3, -0.25) is 4.57 Å². The van der Waals surface area contributed by atoms with Crippen molar-refractivity contribution in [3.8, 4) is 11.5 Å². The molecule has 1 aromatic rings. The molecule has 1 atom stereocenters. The molecule has 1 aromatic carbocycles. The van der Waals surface area contributed by atoms with Gasteiger partial charge in [0.1, 0.15) is 5.45 Å². The van der Waals surface area contributed by atoms with Crippen molar-refractivity contribution in [1.82, 2.24) is 0 Å². The largest absolute Gasteiger partial charge is 0.493 e. The quantitative estimate of drug-likeness (QED) is 0.362. The zero-order valence-electron chi connectivity index (χ0n) is 12.1. The Morgan fingerprint density at radius 1 is 1.30 bits per heavy atom. The molecule has 0 bridgehead atoms. The molecule has 20 heavy (non-hydrogen) atoms. The molecule has 0 aliphatic rings. The van der Waals surface area contributed by atoms with Gasteiger partial charge < -0.3 is 19.2 Å². The summed E-state index contributed by atoms with van der Waals surface area (Å²) in [4.78, 5) is 0. The molecule has 0 fully saturated rings. The van der Waals surface area contributed by atoms with Crippen molar-refractivity contribution in [2.45, 2.75) is 13.3 Å². The first-order chi connectivity index (χ1) is 9.48. The molecule has 7 heteroatoms. The van der Waals surface area contributed by atoms with E-state index in [9.17, 15) is 4.57 Å². The van der Waals surface area contributed by atoms with Crippen LogP contribution in [0, 0.1) is 0 Å². The summed E-state index contributed by atoms with van der Waals surface area (Å²) < 4.78 is 27.8. The molecule has 0 radical (unpaired) electrons. The molecule has 1 rings (SSSR count). The van der Waals surface area contributed by atoms with Crippen LogP contribution in [0.25, 0.3) is 0 Å². The maximum Gasteiger partial charge on any atom is 0.246 e. The Morgan fingerprint density at radius 2 is 1.95 bits per heavy atom. The van der Waals surface area contributed by atoms with Crippen LogP contribution in [0.1, 0.15) is 12.5 Å². The summed E-state index contributed by atoms with van der Waals surface area (Å²) in [6.45, 7) is 3.46. The minimum atomic E-state index is -3.08. The highest BCUT2D eigenvalue weighted by atomic mass is 31.2. The molecule has 0 saturated heterocycles. The number of rotatable bonds is 7. The second-order valence-corrected chi connectivity index (χ2v) is 6.61. The van der Waals surface area contributed by atoms with Gasteiger partial charge in [-0.2, -0.15) is 0 Å². The van der Waals surface area contributed by atoms with Gasteiger partial charge in [0.15, 0.2) is 11.5 Å². The van der Waals surface area contributed by atoms with Gasteiger partial charge in [0.2, 0.25) is 7.37 Å². The van der Waals surface area contributed by atoms with E-state index in [-0.39, 0.29) is 11.9 Å². The predicted octanol–water partition coefficient (Wildman–Crippen LogP) is 2.98. The molecule has 0 aromatic heterocycles. The standard InChI is InChI=1S/C13H20NO5P/c1-5-19-20(4,16)13(14-15)9-10-6-7-11(17-2)12(8-10)18-3/h6-8,15H,5,9H2,1-4H3. The van der Waals surface area contributed by atoms with E-state index >= 15 is 0 Å². The van der Waals surface area contributed by atoms with Crippen molar-refractivity contribution in [3.05, 3.63) is 23.8 Å². The lowest BCUT2D eigenvalue weighted by atomic mass is 10.1. The molecule has 0 aliphatic heterocycles. The Balaban J connectivity index is 3.00. The fraction of sp³-hybridized carbons (Fsp3) is 0.462. The Bertz CT molecular complexity index is 529. The van der Waals surface area contributed by atoms with Crippen LogP contribution >= 0.6 is 7.37 Å². The average molecular weight is 301 g/mol. The fourth-order valence-corrected chi connectivity index (χ4v) is 3.03. The fourth-order valence-electron chi connectivity index (χ4n) is 1.75. The van der Waals surface area contributed by atoms with E-state index in [2.05, 4.69) is 5.16 Å². The number of hydrogen-bond acceptors (Lipinski definition) is 6. The Morgan fingerprint density at radius 3 is 2.45 bits per heavy atom. The number of methoxy groups -OCH3 is 2. The van der Waals surface area contributed by atoms with Gasteiger partial charge in [0.05, 0.1) is 20.8 Å². The van der Waals surface area contributed by atoms with Crippen molar-refractivity contribution in [2.75, 3.05) is 27.5 Å². The molecule has 0 spiro atoms. The van der Waals surface area contributed by atoms with Crippen LogP contribution in [0.2, 0.25) is 0 Å². The highest BCUT2D eigenvalue weighted by molar-refractivity contribution is 7.75. The zero-order valence-corrected chi connectivity index (χ0v) is 13.0. The number of hydrogen-bond donors (Lipinski definition) is 1. The molecule has 112 valence electrons. The van der Waals surface area contributed by atoms with Crippen LogP contribution < -0.4 is 9.47 Å². The molecule has 6 nitrogen and oxygen atoms in total. The maximum absolute atomic E-state index is 12.3. The third kappa shape index (κ3) is 3.99. The second kappa shape index (κ2) is 7.31. The smallest absolute Gasteiger partial charge is 0.246 e. The van der Waals surface area contributed by atoms with Crippen LogP contribution in [-0.2, 0) is 15.5 Å². The SMILES string of the molecule is CCOP(C)(=O)C(Cc1ccc(OC)c(OC)c1)=NO. The van der Waals surface area contributed by atoms with Gasteiger partial charge in [-0.05, 0) is 24.6 Å². The van der Waals surface area contributed by atoms with Gasteiger partial charge in [-0.1, -0.05) is 11.2 Å². The summed E-state index contributed by atoms with van der Waals surface area (Å²) in [6.07, 6.45) is 0.213. The highest BCUT2D eigenvalue weighted by Crippen LogP contribution is 2.45. The first-order valence-electron chi connectivity index (χ1n) is 6.13. The summed E-state index contributed by atoms with van der Waals surface area (Å²) in [6, 6.07) is 5.28. The number of nitrogens with zero attached hydrogens (tertiary/aromatic N) is 1. The summed E-state index contributed by atoms with van der Waals surface area (Å²) in [5.41, 5.74) is 0.906. The van der Waals surface area contributed by atoms with E-state index in [0.717, 1.165) is 5.56 Å². The molecule has 0 aliphatic carbocycles. The van der Waals surface area contributed by atoms with E-state index in [1.165, 1.54) is 13.8 Å². The van der Waals surface area contributed by atoms with Gasteiger partial charge in [-0.15, -0.1) is 0 Å². The lowest BCUT2D eigenvalue weighted by molar-refractivity contribution is 0.314. The van der Waals surface area contributed by atoms with Gasteiger partial charge in [-0.25, -0.2) is 0 Å². The Kier molecular flexibility index (Phi) is 6.05. The van der Waals surface area contributed by atoms with Crippen molar-refractivity contribution in [3.63, 3.8) is 0 Å². The van der Waals surface area contributed by atoms with Gasteiger partial charge >= 0.3 is 0 Å². The van der Waals surface area contributed by atoms with Crippen LogP contribution in [0.5, 0.6) is 11.5 Å². The first kappa shape index (κ1) is 16.5. The highest BCUT2D eigenvalue weighted by Gasteiger charge is 2.25. The summed E-state index contributed by atoms with van der Waals surface area (Å²) in [5, 5.41) is 12.2. The zero-order chi connectivity index (χ0) is 15.2. The minimum Gasteiger partial charge on any atom is -0.493 e. The summed E-state index contributed by atoms with van der Waals surface area (Å²) >= 11 is 0. The molecule has 1 unspecified atom stereocenters. The maximum atomic E-state index is 12.3. The lowest BCUT2D eigenvalue weighted by Crippen LogP contribution is -2.07. The van der Waals surface area contributed by atoms with Gasteiger partial charge in [0.25, 0.3) is 0 Å². The Labute approximate surface area is 118 Å². The second-order valence-electron chi connectivity index (χ2n) is 4.15. The Hall–Kier alpha value is -1.52. The number of oxime groups is 1. The van der Waals surface area contributed by atoms with E-state index in [0.29, 0.717) is 18.1 Å². The van der Waals surface area contributed by atoms with Crippen molar-refractivity contribution >= 4 is 12.8 Å². The van der Waals surface area contributed by atoms with Crippen molar-refractivity contribution in [2.24, 2.45) is 5.16 Å². The third-order valence-corrected chi connectivity index (χ3v) is 4.71. The molecule has 1 N–H and O–H groups in total. The van der Waals surface area contributed by atoms with Crippen molar-refractivity contribution < 1.29 is 23.8 Å².